The van der Waals surface area contributed by atoms with Gasteiger partial charge in [-0.3, -0.25) is 14.4 Å². The molecule has 1 aliphatic heterocycles. The molecule has 1 fully saturated rings. The van der Waals surface area contributed by atoms with E-state index in [2.05, 4.69) is 12.1 Å². The van der Waals surface area contributed by atoms with E-state index in [0.717, 1.165) is 37.6 Å². The van der Waals surface area contributed by atoms with Crippen LogP contribution in [0.2, 0.25) is 0 Å². The predicted molar refractivity (Wildman–Crippen MR) is 215 cm³/mol. The SMILES string of the molecule is Cc1ccc([C@H]2O[C@@H](COC(=O)C(C)(C)C)[C@H](OC(=O)C(C)(C)C)[C@@H](OC(=O)C(C)(C)C)[C@@H]2OCc2ccccc2)cc1Cc1ccc(-c2ccc(F)cc2)s1. The lowest BCUT2D eigenvalue weighted by Gasteiger charge is -2.46. The Hall–Kier alpha value is -4.38. The highest BCUT2D eigenvalue weighted by Crippen LogP contribution is 2.41. The molecule has 0 radical (unpaired) electrons. The molecule has 5 rings (SSSR count). The zero-order valence-electron chi connectivity index (χ0n) is 34.1. The number of thiophene rings is 1. The average Bonchev–Trinajstić information content (AvgIpc) is 3.59. The van der Waals surface area contributed by atoms with Gasteiger partial charge < -0.3 is 23.7 Å². The molecule has 0 amide bonds. The summed E-state index contributed by atoms with van der Waals surface area (Å²) in [5, 5.41) is 0. The molecule has 0 aliphatic carbocycles. The van der Waals surface area contributed by atoms with Crippen molar-refractivity contribution in [3.8, 4) is 10.4 Å². The number of rotatable bonds is 11. The fraction of sp³-hybridized carbons (Fsp3) is 0.457. The summed E-state index contributed by atoms with van der Waals surface area (Å²) < 4.78 is 45.6. The highest BCUT2D eigenvalue weighted by atomic mass is 32.1. The van der Waals surface area contributed by atoms with Crippen molar-refractivity contribution < 1.29 is 42.5 Å². The van der Waals surface area contributed by atoms with Gasteiger partial charge >= 0.3 is 17.9 Å². The van der Waals surface area contributed by atoms with Gasteiger partial charge in [-0.15, -0.1) is 11.3 Å². The Bertz CT molecular complexity index is 1970. The summed E-state index contributed by atoms with van der Waals surface area (Å²) in [4.78, 5) is 42.7. The molecular formula is C46H55FO8S. The van der Waals surface area contributed by atoms with Gasteiger partial charge in [-0.25, -0.2) is 4.39 Å². The standard InChI is InChI=1S/C46H55FO8S/c1-28-16-17-31(24-32(28)25-34-22-23-36(56-34)30-18-20-33(47)21-19-30)37-39(51-26-29-14-12-11-13-15-29)40(55-43(50)46(8,9)10)38(54-42(49)45(5,6)7)35(53-37)27-52-41(48)44(2,3)4/h11-24,35,37-40H,25-27H2,1-10H3/t35-,37+,38-,39+,40+/m0/s1. The molecule has 0 bridgehead atoms. The second-order valence-corrected chi connectivity index (χ2v) is 18.7. The number of aryl methyl sites for hydroxylation is 1. The third kappa shape index (κ3) is 10.9. The van der Waals surface area contributed by atoms with E-state index in [-0.39, 0.29) is 19.0 Å². The Kier molecular flexibility index (Phi) is 13.3. The maximum Gasteiger partial charge on any atom is 0.311 e. The van der Waals surface area contributed by atoms with Crippen LogP contribution in [0.5, 0.6) is 0 Å². The smallest absolute Gasteiger partial charge is 0.311 e. The molecule has 1 aromatic heterocycles. The molecule has 0 saturated carbocycles. The van der Waals surface area contributed by atoms with Crippen molar-refractivity contribution in [2.45, 2.75) is 113 Å². The zero-order valence-corrected chi connectivity index (χ0v) is 35.0. The summed E-state index contributed by atoms with van der Waals surface area (Å²) >= 11 is 1.64. The summed E-state index contributed by atoms with van der Waals surface area (Å²) in [5.74, 6) is -1.79. The number of hydrogen-bond donors (Lipinski definition) is 0. The van der Waals surface area contributed by atoms with Gasteiger partial charge in [-0.2, -0.15) is 0 Å². The summed E-state index contributed by atoms with van der Waals surface area (Å²) in [6.07, 6.45) is -4.51. The topological polar surface area (TPSA) is 97.4 Å². The Morgan fingerprint density at radius 3 is 1.93 bits per heavy atom. The van der Waals surface area contributed by atoms with Crippen LogP contribution in [-0.4, -0.2) is 48.9 Å². The third-order valence-corrected chi connectivity index (χ3v) is 10.6. The Morgan fingerprint density at radius 2 is 1.32 bits per heavy atom. The van der Waals surface area contributed by atoms with Crippen molar-refractivity contribution in [1.82, 2.24) is 0 Å². The third-order valence-electron chi connectivity index (χ3n) is 9.48. The molecule has 0 N–H and O–H groups in total. The van der Waals surface area contributed by atoms with Crippen molar-refractivity contribution in [3.63, 3.8) is 0 Å². The van der Waals surface area contributed by atoms with Gasteiger partial charge in [-0.1, -0.05) is 60.7 Å². The maximum absolute atomic E-state index is 13.8. The van der Waals surface area contributed by atoms with Crippen LogP contribution in [0.4, 0.5) is 4.39 Å². The minimum Gasteiger partial charge on any atom is -0.462 e. The van der Waals surface area contributed by atoms with E-state index in [1.165, 1.54) is 12.1 Å². The quantitative estimate of drug-likeness (QED) is 0.110. The largest absolute Gasteiger partial charge is 0.462 e. The Morgan fingerprint density at radius 1 is 0.714 bits per heavy atom. The first-order valence-electron chi connectivity index (χ1n) is 19.0. The number of carbonyl (C=O) groups excluding carboxylic acids is 3. The highest BCUT2D eigenvalue weighted by Gasteiger charge is 2.53. The van der Waals surface area contributed by atoms with Gasteiger partial charge in [0.05, 0.1) is 22.9 Å². The lowest BCUT2D eigenvalue weighted by molar-refractivity contribution is -0.265. The second-order valence-electron chi connectivity index (χ2n) is 17.6. The molecule has 56 heavy (non-hydrogen) atoms. The molecular weight excluding hydrogens is 732 g/mol. The molecule has 8 nitrogen and oxygen atoms in total. The number of carbonyl (C=O) groups is 3. The molecule has 10 heteroatoms. The Labute approximate surface area is 334 Å². The van der Waals surface area contributed by atoms with Crippen LogP contribution in [0.25, 0.3) is 10.4 Å². The van der Waals surface area contributed by atoms with Gasteiger partial charge in [0.2, 0.25) is 0 Å². The second kappa shape index (κ2) is 17.4. The summed E-state index contributed by atoms with van der Waals surface area (Å²) in [5.41, 5.74) is 2.06. The predicted octanol–water partition coefficient (Wildman–Crippen LogP) is 9.98. The molecule has 0 spiro atoms. The molecule has 1 aliphatic rings. The van der Waals surface area contributed by atoms with E-state index < -0.39 is 64.7 Å². The van der Waals surface area contributed by atoms with E-state index >= 15 is 0 Å². The molecule has 2 heterocycles. The maximum atomic E-state index is 13.8. The van der Waals surface area contributed by atoms with Crippen LogP contribution in [-0.2, 0) is 51.1 Å². The number of halogens is 1. The molecule has 4 aromatic rings. The van der Waals surface area contributed by atoms with Crippen LogP contribution in [0.3, 0.4) is 0 Å². The molecule has 3 aromatic carbocycles. The first kappa shape index (κ1) is 42.8. The number of ether oxygens (including phenoxy) is 5. The first-order valence-corrected chi connectivity index (χ1v) is 19.9. The lowest BCUT2D eigenvalue weighted by Crippen LogP contribution is -2.60. The average molecular weight is 787 g/mol. The van der Waals surface area contributed by atoms with Crippen molar-refractivity contribution in [2.24, 2.45) is 16.2 Å². The van der Waals surface area contributed by atoms with Crippen LogP contribution in [0.1, 0.15) is 95.5 Å². The number of hydrogen-bond acceptors (Lipinski definition) is 9. The Balaban J connectivity index is 1.59. The molecule has 300 valence electrons. The highest BCUT2D eigenvalue weighted by molar-refractivity contribution is 7.15. The number of esters is 3. The van der Waals surface area contributed by atoms with Crippen molar-refractivity contribution in [2.75, 3.05) is 6.61 Å². The van der Waals surface area contributed by atoms with Gasteiger partial charge in [0.15, 0.2) is 12.2 Å². The summed E-state index contributed by atoms with van der Waals surface area (Å²) in [7, 11) is 0. The molecule has 0 unspecified atom stereocenters. The normalized spacial score (nSPS) is 20.3. The molecule has 5 atom stereocenters. The summed E-state index contributed by atoms with van der Waals surface area (Å²) in [6.45, 7) is 17.7. The first-order chi connectivity index (χ1) is 26.2. The van der Waals surface area contributed by atoms with Crippen LogP contribution in [0.15, 0.2) is 84.9 Å². The summed E-state index contributed by atoms with van der Waals surface area (Å²) in [6, 6.07) is 26.3. The number of benzene rings is 3. The molecule has 1 saturated heterocycles. The van der Waals surface area contributed by atoms with Crippen LogP contribution < -0.4 is 0 Å². The van der Waals surface area contributed by atoms with Crippen LogP contribution >= 0.6 is 11.3 Å². The fourth-order valence-corrected chi connectivity index (χ4v) is 7.04. The van der Waals surface area contributed by atoms with E-state index in [4.69, 9.17) is 23.7 Å². The fourth-order valence-electron chi connectivity index (χ4n) is 6.01. The van der Waals surface area contributed by atoms with E-state index in [1.807, 2.05) is 55.5 Å². The monoisotopic (exact) mass is 786 g/mol. The van der Waals surface area contributed by atoms with E-state index in [9.17, 15) is 18.8 Å². The minimum absolute atomic E-state index is 0.151. The van der Waals surface area contributed by atoms with Crippen molar-refractivity contribution >= 4 is 29.2 Å². The van der Waals surface area contributed by atoms with Gasteiger partial charge in [-0.05, 0) is 121 Å². The van der Waals surface area contributed by atoms with Crippen LogP contribution in [0, 0.1) is 29.0 Å². The van der Waals surface area contributed by atoms with E-state index in [1.54, 1.807) is 85.8 Å². The minimum atomic E-state index is -1.18. The van der Waals surface area contributed by atoms with Gasteiger partial charge in [0.25, 0.3) is 0 Å². The van der Waals surface area contributed by atoms with Crippen molar-refractivity contribution in [1.29, 1.82) is 0 Å². The zero-order chi connectivity index (χ0) is 41.0. The van der Waals surface area contributed by atoms with E-state index in [0.29, 0.717) is 6.42 Å². The lowest BCUT2D eigenvalue weighted by atomic mass is 9.88. The van der Waals surface area contributed by atoms with Gasteiger partial charge in [0.1, 0.15) is 30.7 Å². The van der Waals surface area contributed by atoms with Gasteiger partial charge in [0, 0.05) is 16.2 Å². The van der Waals surface area contributed by atoms with Crippen molar-refractivity contribution in [3.05, 3.63) is 118 Å².